The monoisotopic (exact) mass is 268 g/mol. The molecule has 1 aromatic heterocycles. The molecule has 1 atom stereocenters. The van der Waals surface area contributed by atoms with Crippen molar-refractivity contribution in [2.45, 2.75) is 26.3 Å². The number of amides is 1. The number of nitro groups is 1. The molecule has 0 aliphatic carbocycles. The van der Waals surface area contributed by atoms with E-state index in [-0.39, 0.29) is 23.5 Å². The molecule has 0 aliphatic rings. The van der Waals surface area contributed by atoms with Crippen LogP contribution in [0.5, 0.6) is 0 Å². The molecule has 0 fully saturated rings. The minimum atomic E-state index is -0.564. The average molecular weight is 268 g/mol. The fourth-order valence-electron chi connectivity index (χ4n) is 1.60. The van der Waals surface area contributed by atoms with Crippen molar-refractivity contribution in [2.75, 3.05) is 13.6 Å². The van der Waals surface area contributed by atoms with Crippen molar-refractivity contribution in [3.05, 3.63) is 27.9 Å². The van der Waals surface area contributed by atoms with Crippen molar-refractivity contribution >= 4 is 11.7 Å². The first kappa shape index (κ1) is 15.2. The summed E-state index contributed by atoms with van der Waals surface area (Å²) in [6, 6.07) is 2.73. The summed E-state index contributed by atoms with van der Waals surface area (Å²) < 4.78 is 0. The van der Waals surface area contributed by atoms with Gasteiger partial charge in [0.25, 0.3) is 5.91 Å². The second kappa shape index (κ2) is 6.33. The molecular formula is C12H20N4O3. The van der Waals surface area contributed by atoms with Gasteiger partial charge >= 0.3 is 5.82 Å². The number of H-pyrrole nitrogens is 1. The van der Waals surface area contributed by atoms with E-state index in [1.165, 1.54) is 17.0 Å². The topological polar surface area (TPSA) is 105 Å². The number of nitrogens with zero attached hydrogens (tertiary/aromatic N) is 2. The van der Waals surface area contributed by atoms with Crippen molar-refractivity contribution in [1.29, 1.82) is 0 Å². The molecule has 0 spiro atoms. The maximum absolute atomic E-state index is 12.0. The predicted octanol–water partition coefficient (Wildman–Crippen LogP) is 1.37. The molecule has 1 heterocycles. The summed E-state index contributed by atoms with van der Waals surface area (Å²) in [5.41, 5.74) is 6.13. The van der Waals surface area contributed by atoms with Crippen molar-refractivity contribution < 1.29 is 9.72 Å². The zero-order chi connectivity index (χ0) is 14.6. The fraction of sp³-hybridized carbons (Fsp3) is 0.583. The van der Waals surface area contributed by atoms with E-state index in [4.69, 9.17) is 5.73 Å². The minimum Gasteiger partial charge on any atom is -0.358 e. The first-order valence-corrected chi connectivity index (χ1v) is 6.17. The highest BCUT2D eigenvalue weighted by Gasteiger charge is 2.19. The molecular weight excluding hydrogens is 248 g/mol. The Morgan fingerprint density at radius 3 is 2.63 bits per heavy atom. The molecule has 3 N–H and O–H groups in total. The molecule has 0 saturated heterocycles. The Hall–Kier alpha value is -1.89. The number of rotatable bonds is 6. The fourth-order valence-corrected chi connectivity index (χ4v) is 1.60. The van der Waals surface area contributed by atoms with E-state index in [2.05, 4.69) is 4.98 Å². The van der Waals surface area contributed by atoms with Gasteiger partial charge in [0.15, 0.2) is 5.69 Å². The molecule has 7 nitrogen and oxygen atoms in total. The van der Waals surface area contributed by atoms with Crippen LogP contribution in [-0.4, -0.2) is 40.3 Å². The number of nitrogens with one attached hydrogen (secondary N) is 1. The van der Waals surface area contributed by atoms with Crippen LogP contribution in [0.15, 0.2) is 12.1 Å². The summed E-state index contributed by atoms with van der Waals surface area (Å²) in [6.07, 6.45) is 0.697. The number of aromatic amines is 1. The average Bonchev–Trinajstić information content (AvgIpc) is 2.83. The lowest BCUT2D eigenvalue weighted by atomic mass is 10.0. The van der Waals surface area contributed by atoms with Crippen LogP contribution >= 0.6 is 0 Å². The Labute approximate surface area is 111 Å². The van der Waals surface area contributed by atoms with Crippen LogP contribution in [0.4, 0.5) is 5.82 Å². The molecule has 0 bridgehead atoms. The van der Waals surface area contributed by atoms with Crippen molar-refractivity contribution in [3.8, 4) is 0 Å². The summed E-state index contributed by atoms with van der Waals surface area (Å²) in [6.45, 7) is 4.58. The zero-order valence-corrected chi connectivity index (χ0v) is 11.4. The van der Waals surface area contributed by atoms with Crippen LogP contribution in [-0.2, 0) is 0 Å². The van der Waals surface area contributed by atoms with Crippen LogP contribution < -0.4 is 5.73 Å². The van der Waals surface area contributed by atoms with Gasteiger partial charge in [-0.25, -0.2) is 4.98 Å². The van der Waals surface area contributed by atoms with Crippen LogP contribution in [0.25, 0.3) is 0 Å². The second-order valence-corrected chi connectivity index (χ2v) is 4.94. The van der Waals surface area contributed by atoms with Crippen LogP contribution in [0, 0.1) is 16.0 Å². The van der Waals surface area contributed by atoms with Crippen LogP contribution in [0.2, 0.25) is 0 Å². The van der Waals surface area contributed by atoms with Crippen LogP contribution in [0.1, 0.15) is 30.8 Å². The molecule has 1 rings (SSSR count). The number of nitrogens with two attached hydrogens (primary N) is 1. The Balaban J connectivity index is 2.58. The minimum absolute atomic E-state index is 0.0354. The van der Waals surface area contributed by atoms with E-state index in [9.17, 15) is 14.9 Å². The van der Waals surface area contributed by atoms with E-state index in [1.54, 1.807) is 7.05 Å². The third-order valence-electron chi connectivity index (χ3n) is 3.10. The summed E-state index contributed by atoms with van der Waals surface area (Å²) in [5, 5.41) is 10.5. The Morgan fingerprint density at radius 2 is 2.16 bits per heavy atom. The van der Waals surface area contributed by atoms with Crippen molar-refractivity contribution in [2.24, 2.45) is 11.7 Å². The number of carbonyl (C=O) groups excluding carboxylic acids is 1. The highest BCUT2D eigenvalue weighted by atomic mass is 16.6. The highest BCUT2D eigenvalue weighted by Crippen LogP contribution is 2.12. The SMILES string of the molecule is CC(C)C(N)CCN(C)C(=O)c1ccc([N+](=O)[O-])[nH]1. The van der Waals surface area contributed by atoms with E-state index >= 15 is 0 Å². The largest absolute Gasteiger partial charge is 0.358 e. The van der Waals surface area contributed by atoms with Crippen LogP contribution in [0.3, 0.4) is 0 Å². The molecule has 1 unspecified atom stereocenters. The Morgan fingerprint density at radius 1 is 1.53 bits per heavy atom. The maximum atomic E-state index is 12.0. The van der Waals surface area contributed by atoms with Crippen molar-refractivity contribution in [3.63, 3.8) is 0 Å². The van der Waals surface area contributed by atoms with E-state index in [0.717, 1.165) is 0 Å². The Kier molecular flexibility index (Phi) is 5.05. The lowest BCUT2D eigenvalue weighted by Gasteiger charge is -2.20. The third kappa shape index (κ3) is 4.06. The van der Waals surface area contributed by atoms with E-state index < -0.39 is 4.92 Å². The number of carbonyl (C=O) groups is 1. The summed E-state index contributed by atoms with van der Waals surface area (Å²) in [7, 11) is 1.65. The van der Waals surface area contributed by atoms with Gasteiger partial charge in [-0.15, -0.1) is 0 Å². The molecule has 19 heavy (non-hydrogen) atoms. The summed E-state index contributed by atoms with van der Waals surface area (Å²) >= 11 is 0. The van der Waals surface area contributed by atoms with E-state index in [0.29, 0.717) is 18.9 Å². The summed E-state index contributed by atoms with van der Waals surface area (Å²) in [5.74, 6) is -0.102. The number of hydrogen-bond donors (Lipinski definition) is 2. The van der Waals surface area contributed by atoms with Gasteiger partial charge in [-0.1, -0.05) is 13.8 Å². The molecule has 1 amide bonds. The van der Waals surface area contributed by atoms with Gasteiger partial charge in [0.05, 0.1) is 0 Å². The maximum Gasteiger partial charge on any atom is 0.321 e. The first-order chi connectivity index (χ1) is 8.82. The smallest absolute Gasteiger partial charge is 0.321 e. The lowest BCUT2D eigenvalue weighted by Crippen LogP contribution is -2.34. The van der Waals surface area contributed by atoms with Crippen molar-refractivity contribution in [1.82, 2.24) is 9.88 Å². The quantitative estimate of drug-likeness (QED) is 0.600. The second-order valence-electron chi connectivity index (χ2n) is 4.94. The molecule has 0 aromatic carbocycles. The molecule has 1 aromatic rings. The van der Waals surface area contributed by atoms with Gasteiger partial charge in [-0.3, -0.25) is 4.79 Å². The highest BCUT2D eigenvalue weighted by molar-refractivity contribution is 5.92. The number of aromatic nitrogens is 1. The molecule has 7 heteroatoms. The van der Waals surface area contributed by atoms with Gasteiger partial charge in [0.1, 0.15) is 0 Å². The standard InChI is InChI=1S/C12H20N4O3/c1-8(2)9(13)6-7-15(3)12(17)10-4-5-11(14-10)16(18)19/h4-5,8-9,14H,6-7,13H2,1-3H3. The summed E-state index contributed by atoms with van der Waals surface area (Å²) in [4.78, 5) is 26.0. The molecule has 0 saturated carbocycles. The number of hydrogen-bond acceptors (Lipinski definition) is 4. The van der Waals surface area contributed by atoms with E-state index in [1.807, 2.05) is 13.8 Å². The van der Waals surface area contributed by atoms with Gasteiger partial charge in [0, 0.05) is 25.7 Å². The lowest BCUT2D eigenvalue weighted by molar-refractivity contribution is -0.389. The molecule has 0 radical (unpaired) electrons. The predicted molar refractivity (Wildman–Crippen MR) is 71.8 cm³/mol. The first-order valence-electron chi connectivity index (χ1n) is 6.17. The van der Waals surface area contributed by atoms with Gasteiger partial charge < -0.3 is 20.7 Å². The normalized spacial score (nSPS) is 12.5. The molecule has 106 valence electrons. The zero-order valence-electron chi connectivity index (χ0n) is 11.4. The van der Waals surface area contributed by atoms with Gasteiger partial charge in [-0.2, -0.15) is 0 Å². The third-order valence-corrected chi connectivity index (χ3v) is 3.10. The molecule has 0 aliphatic heterocycles. The Bertz CT molecular complexity index is 456. The van der Waals surface area contributed by atoms with Gasteiger partial charge in [-0.05, 0) is 23.3 Å². The van der Waals surface area contributed by atoms with Gasteiger partial charge in [0.2, 0.25) is 0 Å².